The van der Waals surface area contributed by atoms with E-state index in [9.17, 15) is 4.79 Å². The molecule has 0 aliphatic carbocycles. The molecule has 0 aliphatic rings. The van der Waals surface area contributed by atoms with E-state index in [1.54, 1.807) is 11.9 Å². The molecule has 100 valence electrons. The van der Waals surface area contributed by atoms with Crippen molar-refractivity contribution in [3.63, 3.8) is 0 Å². The van der Waals surface area contributed by atoms with E-state index in [0.717, 1.165) is 5.56 Å². The summed E-state index contributed by atoms with van der Waals surface area (Å²) in [6.07, 6.45) is 0.318. The predicted octanol–water partition coefficient (Wildman–Crippen LogP) is 2.99. The molecule has 0 aromatic heterocycles. The van der Waals surface area contributed by atoms with E-state index in [2.05, 4.69) is 0 Å². The fourth-order valence-electron chi connectivity index (χ4n) is 1.75. The Labute approximate surface area is 114 Å². The van der Waals surface area contributed by atoms with E-state index < -0.39 is 5.54 Å². The summed E-state index contributed by atoms with van der Waals surface area (Å²) < 4.78 is 0. The molecule has 0 radical (unpaired) electrons. The summed E-state index contributed by atoms with van der Waals surface area (Å²) in [5.74, 6) is 0.0231. The van der Waals surface area contributed by atoms with Gasteiger partial charge in [-0.15, -0.1) is 0 Å². The number of halogens is 1. The zero-order chi connectivity index (χ0) is 13.9. The first-order valence-corrected chi connectivity index (χ1v) is 6.39. The molecule has 0 saturated carbocycles. The van der Waals surface area contributed by atoms with E-state index >= 15 is 0 Å². The van der Waals surface area contributed by atoms with Crippen LogP contribution in [0.15, 0.2) is 24.3 Å². The van der Waals surface area contributed by atoms with Gasteiger partial charge in [0.1, 0.15) is 0 Å². The van der Waals surface area contributed by atoms with Crippen LogP contribution < -0.4 is 5.73 Å². The van der Waals surface area contributed by atoms with Crippen LogP contribution in [0.25, 0.3) is 0 Å². The lowest BCUT2D eigenvalue weighted by Crippen LogP contribution is -2.40. The average Bonchev–Trinajstić information content (AvgIpc) is 2.25. The molecule has 4 heteroatoms. The van der Waals surface area contributed by atoms with E-state index in [0.29, 0.717) is 11.4 Å². The Balaban J connectivity index is 2.82. The van der Waals surface area contributed by atoms with Crippen LogP contribution in [0.2, 0.25) is 5.02 Å². The molecule has 1 aromatic carbocycles. The minimum absolute atomic E-state index is 0.0231. The van der Waals surface area contributed by atoms with Crippen LogP contribution >= 0.6 is 11.6 Å². The minimum atomic E-state index is -0.494. The molecule has 0 aliphatic heterocycles. The van der Waals surface area contributed by atoms with Gasteiger partial charge in [-0.2, -0.15) is 0 Å². The molecule has 1 unspecified atom stereocenters. The lowest BCUT2D eigenvalue weighted by Gasteiger charge is -2.29. The van der Waals surface area contributed by atoms with Crippen LogP contribution in [-0.2, 0) is 4.79 Å². The van der Waals surface area contributed by atoms with Crippen LogP contribution in [-0.4, -0.2) is 23.4 Å². The van der Waals surface area contributed by atoms with Gasteiger partial charge < -0.3 is 10.6 Å². The molecule has 0 saturated heterocycles. The van der Waals surface area contributed by atoms with Crippen molar-refractivity contribution in [3.8, 4) is 0 Å². The summed E-state index contributed by atoms with van der Waals surface area (Å²) in [6.45, 7) is 5.65. The first-order valence-electron chi connectivity index (χ1n) is 6.01. The second kappa shape index (κ2) is 5.72. The summed E-state index contributed by atoms with van der Waals surface area (Å²) >= 11 is 6.14. The highest BCUT2D eigenvalue weighted by atomic mass is 35.5. The Morgan fingerprint density at radius 2 is 2.00 bits per heavy atom. The third-order valence-corrected chi connectivity index (χ3v) is 3.28. The molecule has 18 heavy (non-hydrogen) atoms. The summed E-state index contributed by atoms with van der Waals surface area (Å²) in [5.41, 5.74) is 6.32. The Kier molecular flexibility index (Phi) is 4.77. The number of carbonyl (C=O) groups excluding carboxylic acids is 1. The molecule has 2 N–H and O–H groups in total. The van der Waals surface area contributed by atoms with Crippen LogP contribution in [0.3, 0.4) is 0 Å². The zero-order valence-corrected chi connectivity index (χ0v) is 12.2. The fraction of sp³-hybridized carbons (Fsp3) is 0.500. The monoisotopic (exact) mass is 268 g/mol. The van der Waals surface area contributed by atoms with Gasteiger partial charge in [-0.3, -0.25) is 4.79 Å². The molecular formula is C14H21ClN2O. The van der Waals surface area contributed by atoms with Crippen LogP contribution in [0.4, 0.5) is 0 Å². The quantitative estimate of drug-likeness (QED) is 0.913. The topological polar surface area (TPSA) is 46.3 Å². The Hall–Kier alpha value is -1.06. The number of carbonyl (C=O) groups is 1. The van der Waals surface area contributed by atoms with Gasteiger partial charge in [0.05, 0.1) is 6.04 Å². The van der Waals surface area contributed by atoms with Crippen molar-refractivity contribution in [2.45, 2.75) is 38.8 Å². The molecule has 3 nitrogen and oxygen atoms in total. The van der Waals surface area contributed by atoms with Gasteiger partial charge >= 0.3 is 0 Å². The molecule has 0 spiro atoms. The maximum Gasteiger partial charge on any atom is 0.224 e. The van der Waals surface area contributed by atoms with Crippen molar-refractivity contribution >= 4 is 17.5 Å². The van der Waals surface area contributed by atoms with Crippen molar-refractivity contribution in [2.75, 3.05) is 7.05 Å². The Bertz CT molecular complexity index is 426. The Morgan fingerprint density at radius 3 is 2.50 bits per heavy atom. The predicted molar refractivity (Wildman–Crippen MR) is 75.5 cm³/mol. The van der Waals surface area contributed by atoms with Crippen LogP contribution in [0.1, 0.15) is 38.8 Å². The van der Waals surface area contributed by atoms with Gasteiger partial charge in [-0.1, -0.05) is 29.8 Å². The van der Waals surface area contributed by atoms with Crippen molar-refractivity contribution in [1.29, 1.82) is 0 Å². The van der Waals surface area contributed by atoms with Crippen LogP contribution in [0.5, 0.6) is 0 Å². The van der Waals surface area contributed by atoms with Crippen molar-refractivity contribution < 1.29 is 4.79 Å². The normalized spacial score (nSPS) is 13.2. The van der Waals surface area contributed by atoms with Gasteiger partial charge in [0, 0.05) is 24.0 Å². The number of hydrogen-bond donors (Lipinski definition) is 1. The summed E-state index contributed by atoms with van der Waals surface area (Å²) in [5, 5.41) is 0.677. The zero-order valence-electron chi connectivity index (χ0n) is 11.4. The first kappa shape index (κ1) is 15.0. The third kappa shape index (κ3) is 4.00. The first-order chi connectivity index (χ1) is 8.22. The smallest absolute Gasteiger partial charge is 0.224 e. The van der Waals surface area contributed by atoms with Gasteiger partial charge in [0.25, 0.3) is 0 Å². The minimum Gasteiger partial charge on any atom is -0.339 e. The molecule has 1 amide bonds. The van der Waals surface area contributed by atoms with Gasteiger partial charge in [-0.05, 0) is 32.4 Å². The van der Waals surface area contributed by atoms with Crippen molar-refractivity contribution in [2.24, 2.45) is 5.73 Å². The molecular weight excluding hydrogens is 248 g/mol. The molecule has 0 fully saturated rings. The van der Waals surface area contributed by atoms with Gasteiger partial charge in [-0.25, -0.2) is 0 Å². The Morgan fingerprint density at radius 1 is 1.44 bits per heavy atom. The second-order valence-corrected chi connectivity index (χ2v) is 5.77. The highest BCUT2D eigenvalue weighted by molar-refractivity contribution is 6.31. The highest BCUT2D eigenvalue weighted by Crippen LogP contribution is 2.27. The maximum atomic E-state index is 12.1. The molecule has 1 aromatic rings. The van der Waals surface area contributed by atoms with E-state index in [1.165, 1.54) is 0 Å². The van der Waals surface area contributed by atoms with Crippen molar-refractivity contribution in [1.82, 2.24) is 4.90 Å². The van der Waals surface area contributed by atoms with Crippen molar-refractivity contribution in [3.05, 3.63) is 34.9 Å². The number of nitrogens with two attached hydrogens (primary N) is 1. The highest BCUT2D eigenvalue weighted by Gasteiger charge is 2.23. The number of nitrogens with zero attached hydrogens (tertiary/aromatic N) is 1. The second-order valence-electron chi connectivity index (χ2n) is 5.37. The third-order valence-electron chi connectivity index (χ3n) is 2.94. The van der Waals surface area contributed by atoms with E-state index in [-0.39, 0.29) is 11.9 Å². The summed E-state index contributed by atoms with van der Waals surface area (Å²) in [7, 11) is 1.78. The number of benzene rings is 1. The summed E-state index contributed by atoms with van der Waals surface area (Å²) in [6, 6.07) is 7.50. The molecule has 1 atom stereocenters. The van der Waals surface area contributed by atoms with E-state index in [4.69, 9.17) is 17.3 Å². The number of hydrogen-bond acceptors (Lipinski definition) is 2. The maximum absolute atomic E-state index is 12.1. The lowest BCUT2D eigenvalue weighted by molar-refractivity contribution is -0.132. The fourth-order valence-corrected chi connectivity index (χ4v) is 2.05. The number of rotatable bonds is 4. The average molecular weight is 269 g/mol. The van der Waals surface area contributed by atoms with Crippen LogP contribution in [0, 0.1) is 0 Å². The summed E-state index contributed by atoms with van der Waals surface area (Å²) in [4.78, 5) is 13.8. The lowest BCUT2D eigenvalue weighted by atomic mass is 10.0. The van der Waals surface area contributed by atoms with Gasteiger partial charge in [0.2, 0.25) is 5.91 Å². The molecule has 1 rings (SSSR count). The standard InChI is InChI=1S/C14H21ClN2O/c1-10(11-7-5-6-8-12(11)15)17(4)13(18)9-14(2,3)16/h5-8,10H,9,16H2,1-4H3. The van der Waals surface area contributed by atoms with Gasteiger partial charge in [0.15, 0.2) is 0 Å². The van der Waals surface area contributed by atoms with E-state index in [1.807, 2.05) is 45.0 Å². The SMILES string of the molecule is CC(c1ccccc1Cl)N(C)C(=O)CC(C)(C)N. The molecule has 0 heterocycles. The largest absolute Gasteiger partial charge is 0.339 e. The number of amides is 1. The molecule has 0 bridgehead atoms.